The van der Waals surface area contributed by atoms with E-state index < -0.39 is 45.8 Å². The van der Waals surface area contributed by atoms with E-state index in [0.717, 1.165) is 5.57 Å². The Bertz CT molecular complexity index is 925. The van der Waals surface area contributed by atoms with Gasteiger partial charge in [-0.25, -0.2) is 0 Å². The Morgan fingerprint density at radius 1 is 1.28 bits per heavy atom. The van der Waals surface area contributed by atoms with Gasteiger partial charge in [-0.15, -0.1) is 11.6 Å². The Balaban J connectivity index is 1.85. The minimum atomic E-state index is -1.51. The molecule has 0 spiro atoms. The van der Waals surface area contributed by atoms with Crippen molar-refractivity contribution in [3.8, 4) is 0 Å². The zero-order valence-corrected chi connectivity index (χ0v) is 19.9. The zero-order valence-electron chi connectivity index (χ0n) is 19.2. The van der Waals surface area contributed by atoms with Crippen LogP contribution in [0.4, 0.5) is 0 Å². The molecule has 0 amide bonds. The maximum absolute atomic E-state index is 13.2. The van der Waals surface area contributed by atoms with Gasteiger partial charge in [0.1, 0.15) is 6.61 Å². The number of ketones is 2. The van der Waals surface area contributed by atoms with Crippen LogP contribution in [0.5, 0.6) is 0 Å². The smallest absolute Gasteiger partial charge is 0.306 e. The second kappa shape index (κ2) is 7.51. The zero-order chi connectivity index (χ0) is 23.7. The number of esters is 1. The molecule has 0 aromatic carbocycles. The van der Waals surface area contributed by atoms with Gasteiger partial charge in [-0.1, -0.05) is 39.3 Å². The SMILES string of the molecule is CCC(=O)O[C@]1(C(=O)CO)[C@@H](C)C[C@H]2[C@@H]3CCC4=CC(=O)C=C[C@]4(C)C3(Cl)[C@@H](O)C[C@@]21C. The fourth-order valence-corrected chi connectivity index (χ4v) is 8.29. The first-order chi connectivity index (χ1) is 14.9. The third kappa shape index (κ3) is 2.69. The highest BCUT2D eigenvalue weighted by atomic mass is 35.5. The molecular formula is C25H33ClO6. The van der Waals surface area contributed by atoms with E-state index in [-0.39, 0.29) is 36.4 Å². The monoisotopic (exact) mass is 464 g/mol. The summed E-state index contributed by atoms with van der Waals surface area (Å²) >= 11 is 7.41. The van der Waals surface area contributed by atoms with Crippen LogP contribution in [0.1, 0.15) is 59.8 Å². The molecule has 0 heterocycles. The van der Waals surface area contributed by atoms with Crippen molar-refractivity contribution in [2.45, 2.75) is 76.4 Å². The Kier molecular flexibility index (Phi) is 5.55. The van der Waals surface area contributed by atoms with E-state index >= 15 is 0 Å². The van der Waals surface area contributed by atoms with Gasteiger partial charge >= 0.3 is 5.97 Å². The lowest BCUT2D eigenvalue weighted by molar-refractivity contribution is -0.202. The van der Waals surface area contributed by atoms with Crippen molar-refractivity contribution < 1.29 is 29.3 Å². The first-order valence-corrected chi connectivity index (χ1v) is 12.0. The third-order valence-corrected chi connectivity index (χ3v) is 10.2. The van der Waals surface area contributed by atoms with Crippen LogP contribution in [0, 0.1) is 28.6 Å². The number of rotatable bonds is 4. The van der Waals surface area contributed by atoms with Gasteiger partial charge in [-0.2, -0.15) is 0 Å². The summed E-state index contributed by atoms with van der Waals surface area (Å²) < 4.78 is 5.92. The Morgan fingerprint density at radius 2 is 1.97 bits per heavy atom. The summed E-state index contributed by atoms with van der Waals surface area (Å²) in [7, 11) is 0. The van der Waals surface area contributed by atoms with Crippen molar-refractivity contribution in [3.63, 3.8) is 0 Å². The van der Waals surface area contributed by atoms with Crippen molar-refractivity contribution >= 4 is 29.1 Å². The average molecular weight is 465 g/mol. The fourth-order valence-electron chi connectivity index (χ4n) is 7.77. The molecule has 0 bridgehead atoms. The molecule has 6 nitrogen and oxygen atoms in total. The van der Waals surface area contributed by atoms with E-state index in [1.165, 1.54) is 6.08 Å². The number of ether oxygens (including phenoxy) is 1. The molecule has 8 atom stereocenters. The first kappa shape index (κ1) is 23.7. The van der Waals surface area contributed by atoms with Crippen molar-refractivity contribution in [2.24, 2.45) is 28.6 Å². The normalized spacial score (nSPS) is 47.2. The summed E-state index contributed by atoms with van der Waals surface area (Å²) in [5, 5.41) is 21.5. The number of carbonyl (C=O) groups excluding carboxylic acids is 3. The molecule has 0 saturated heterocycles. The van der Waals surface area contributed by atoms with Gasteiger partial charge < -0.3 is 14.9 Å². The van der Waals surface area contributed by atoms with Crippen LogP contribution in [0.15, 0.2) is 23.8 Å². The van der Waals surface area contributed by atoms with E-state index in [1.54, 1.807) is 13.0 Å². The van der Waals surface area contributed by atoms with Crippen LogP contribution in [0.25, 0.3) is 0 Å². The third-order valence-electron chi connectivity index (χ3n) is 9.30. The van der Waals surface area contributed by atoms with Crippen LogP contribution in [0.3, 0.4) is 0 Å². The van der Waals surface area contributed by atoms with E-state index in [1.807, 2.05) is 26.8 Å². The number of fused-ring (bicyclic) bond motifs is 5. The molecule has 4 rings (SSSR count). The second-order valence-electron chi connectivity index (χ2n) is 10.5. The number of hydrogen-bond acceptors (Lipinski definition) is 6. The molecule has 2 N–H and O–H groups in total. The highest BCUT2D eigenvalue weighted by Crippen LogP contribution is 2.72. The molecule has 0 aromatic heterocycles. The van der Waals surface area contributed by atoms with Gasteiger partial charge in [0.25, 0.3) is 0 Å². The molecule has 0 aliphatic heterocycles. The van der Waals surface area contributed by atoms with Crippen LogP contribution < -0.4 is 0 Å². The molecule has 4 aliphatic carbocycles. The number of aliphatic hydroxyl groups is 2. The van der Waals surface area contributed by atoms with E-state index in [9.17, 15) is 24.6 Å². The van der Waals surface area contributed by atoms with Gasteiger partial charge in [-0.3, -0.25) is 14.4 Å². The van der Waals surface area contributed by atoms with Crippen LogP contribution >= 0.6 is 11.6 Å². The number of alkyl halides is 1. The standard InChI is InChI=1S/C25H33ClO6/c1-5-21(31)32-25(20(30)13-27)14(2)10-18-17-7-6-15-11-16(28)8-9-22(15,3)24(17,26)19(29)12-23(18,25)4/h8-9,11,14,17-19,27,29H,5-7,10,12-13H2,1-4H3/t14-,17-,18-,19-,22-,23-,24?,25-/m0/s1. The Hall–Kier alpha value is -1.50. The molecule has 7 heteroatoms. The number of allylic oxidation sites excluding steroid dienone is 4. The molecular weight excluding hydrogens is 432 g/mol. The quantitative estimate of drug-likeness (QED) is 0.489. The van der Waals surface area contributed by atoms with Gasteiger partial charge in [0.2, 0.25) is 5.78 Å². The summed E-state index contributed by atoms with van der Waals surface area (Å²) in [5.41, 5.74) is -2.14. The molecule has 4 aliphatic rings. The highest BCUT2D eigenvalue weighted by Gasteiger charge is 2.76. The van der Waals surface area contributed by atoms with Crippen LogP contribution in [0.2, 0.25) is 0 Å². The van der Waals surface area contributed by atoms with E-state index in [0.29, 0.717) is 19.3 Å². The summed E-state index contributed by atoms with van der Waals surface area (Å²) in [6.45, 7) is 6.72. The summed E-state index contributed by atoms with van der Waals surface area (Å²) in [4.78, 5) is 36.7. The van der Waals surface area contributed by atoms with Crippen LogP contribution in [-0.2, 0) is 19.1 Å². The molecule has 0 radical (unpaired) electrons. The number of Topliss-reactive ketones (excluding diaryl/α,β-unsaturated/α-hetero) is 1. The minimum absolute atomic E-state index is 0.0696. The molecule has 176 valence electrons. The molecule has 32 heavy (non-hydrogen) atoms. The molecule has 3 saturated carbocycles. The molecule has 1 unspecified atom stereocenters. The van der Waals surface area contributed by atoms with Gasteiger partial charge in [0.05, 0.1) is 11.0 Å². The largest absolute Gasteiger partial charge is 0.450 e. The lowest BCUT2D eigenvalue weighted by Crippen LogP contribution is -2.69. The maximum atomic E-state index is 13.2. The van der Waals surface area contributed by atoms with Crippen LogP contribution in [-0.4, -0.2) is 50.9 Å². The second-order valence-corrected chi connectivity index (χ2v) is 11.2. The number of hydrogen-bond donors (Lipinski definition) is 2. The summed E-state index contributed by atoms with van der Waals surface area (Å²) in [5.74, 6) is -1.66. The number of halogens is 1. The van der Waals surface area contributed by atoms with Crippen molar-refractivity contribution in [1.82, 2.24) is 0 Å². The lowest BCUT2D eigenvalue weighted by atomic mass is 9.45. The van der Waals surface area contributed by atoms with E-state index in [4.69, 9.17) is 16.3 Å². The number of carbonyl (C=O) groups is 3. The molecule has 0 aromatic rings. The average Bonchev–Trinajstić information content (AvgIpc) is 2.96. The first-order valence-electron chi connectivity index (χ1n) is 11.6. The number of aliphatic hydroxyl groups excluding tert-OH is 2. The predicted octanol–water partition coefficient (Wildman–Crippen LogP) is 3.13. The summed E-state index contributed by atoms with van der Waals surface area (Å²) in [6, 6.07) is 0. The Morgan fingerprint density at radius 3 is 2.59 bits per heavy atom. The van der Waals surface area contributed by atoms with E-state index in [2.05, 4.69) is 0 Å². The minimum Gasteiger partial charge on any atom is -0.450 e. The highest BCUT2D eigenvalue weighted by molar-refractivity contribution is 6.26. The van der Waals surface area contributed by atoms with Crippen molar-refractivity contribution in [3.05, 3.63) is 23.8 Å². The fraction of sp³-hybridized carbons (Fsp3) is 0.720. The van der Waals surface area contributed by atoms with Crippen molar-refractivity contribution in [2.75, 3.05) is 6.61 Å². The van der Waals surface area contributed by atoms with Gasteiger partial charge in [0, 0.05) is 23.2 Å². The van der Waals surface area contributed by atoms with Gasteiger partial charge in [0.15, 0.2) is 11.4 Å². The van der Waals surface area contributed by atoms with Gasteiger partial charge in [-0.05, 0) is 49.7 Å². The predicted molar refractivity (Wildman–Crippen MR) is 119 cm³/mol. The Labute approximate surface area is 194 Å². The lowest BCUT2D eigenvalue weighted by Gasteiger charge is -2.64. The van der Waals surface area contributed by atoms with Crippen molar-refractivity contribution in [1.29, 1.82) is 0 Å². The topological polar surface area (TPSA) is 101 Å². The summed E-state index contributed by atoms with van der Waals surface area (Å²) in [6.07, 6.45) is 6.21. The maximum Gasteiger partial charge on any atom is 0.306 e. The molecule has 3 fully saturated rings.